The number of ether oxygens (including phenoxy) is 2. The minimum Gasteiger partial charge on any atom is -0.481 e. The van der Waals surface area contributed by atoms with Crippen LogP contribution in [0.2, 0.25) is 0 Å². The van der Waals surface area contributed by atoms with Crippen molar-refractivity contribution >= 4 is 17.7 Å². The normalized spacial score (nSPS) is 11.7. The zero-order chi connectivity index (χ0) is 15.7. The van der Waals surface area contributed by atoms with Crippen LogP contribution in [0.4, 0.5) is 10.5 Å². The molecule has 1 aromatic heterocycles. The quantitative estimate of drug-likeness (QED) is 0.644. The minimum absolute atomic E-state index is 0.154. The number of aliphatic carboxylic acids is 1. The summed E-state index contributed by atoms with van der Waals surface area (Å²) < 4.78 is 10.0. The van der Waals surface area contributed by atoms with Crippen molar-refractivity contribution in [2.75, 3.05) is 32.7 Å². The first kappa shape index (κ1) is 16.9. The molecule has 0 bridgehead atoms. The summed E-state index contributed by atoms with van der Waals surface area (Å²) in [6, 6.07) is 2.74. The molecule has 1 heterocycles. The number of carboxylic acid groups (broad SMARTS) is 1. The molecule has 1 aromatic rings. The molecule has 0 radical (unpaired) electrons. The van der Waals surface area contributed by atoms with Gasteiger partial charge in [-0.25, -0.2) is 4.79 Å². The molecule has 1 unspecified atom stereocenters. The molecule has 0 aliphatic heterocycles. The lowest BCUT2D eigenvalue weighted by Crippen LogP contribution is -2.38. The van der Waals surface area contributed by atoms with Gasteiger partial charge in [-0.3, -0.25) is 9.78 Å². The molecule has 0 saturated carbocycles. The van der Waals surface area contributed by atoms with Crippen LogP contribution in [0, 0.1) is 0 Å². The minimum atomic E-state index is -0.954. The smallest absolute Gasteiger partial charge is 0.319 e. The molecule has 0 spiro atoms. The van der Waals surface area contributed by atoms with Gasteiger partial charge in [0.1, 0.15) is 0 Å². The lowest BCUT2D eigenvalue weighted by molar-refractivity contribution is -0.136. The van der Waals surface area contributed by atoms with Crippen molar-refractivity contribution in [2.45, 2.75) is 12.5 Å². The van der Waals surface area contributed by atoms with Crippen LogP contribution in [0.3, 0.4) is 0 Å². The summed E-state index contributed by atoms with van der Waals surface area (Å²) in [6.07, 6.45) is 1.02. The predicted molar refractivity (Wildman–Crippen MR) is 75.3 cm³/mol. The van der Waals surface area contributed by atoms with E-state index in [-0.39, 0.29) is 12.5 Å². The van der Waals surface area contributed by atoms with E-state index < -0.39 is 12.0 Å². The Balaban J connectivity index is 2.42. The highest BCUT2D eigenvalue weighted by atomic mass is 16.5. The Bertz CT molecular complexity index is 463. The molecule has 3 N–H and O–H groups in total. The Hall–Kier alpha value is -2.19. The number of methoxy groups -OCH3 is 2. The Morgan fingerprint density at radius 1 is 1.38 bits per heavy atom. The number of carbonyl (C=O) groups excluding carboxylic acids is 1. The van der Waals surface area contributed by atoms with E-state index in [9.17, 15) is 9.59 Å². The summed E-state index contributed by atoms with van der Waals surface area (Å²) in [5.74, 6) is -0.954. The molecule has 0 aliphatic rings. The SMILES string of the molecule is COCC(CNC(=O)Nc1ccc(CC(=O)O)nc1)OC. The van der Waals surface area contributed by atoms with Gasteiger partial charge in [-0.2, -0.15) is 0 Å². The summed E-state index contributed by atoms with van der Waals surface area (Å²) in [5, 5.41) is 13.9. The number of nitrogens with zero attached hydrogens (tertiary/aromatic N) is 1. The average Bonchev–Trinajstić information content (AvgIpc) is 2.45. The van der Waals surface area contributed by atoms with Crippen molar-refractivity contribution in [3.8, 4) is 0 Å². The first-order valence-corrected chi connectivity index (χ1v) is 6.28. The van der Waals surface area contributed by atoms with Gasteiger partial charge >= 0.3 is 12.0 Å². The van der Waals surface area contributed by atoms with Gasteiger partial charge in [0.25, 0.3) is 0 Å². The maximum atomic E-state index is 11.7. The van der Waals surface area contributed by atoms with Gasteiger partial charge in [0.2, 0.25) is 0 Å². The van der Waals surface area contributed by atoms with E-state index in [4.69, 9.17) is 14.6 Å². The third-order valence-electron chi connectivity index (χ3n) is 2.59. The first-order chi connectivity index (χ1) is 10.0. The van der Waals surface area contributed by atoms with Crippen LogP contribution in [-0.4, -0.2) is 55.6 Å². The lowest BCUT2D eigenvalue weighted by Gasteiger charge is -2.15. The number of hydrogen-bond acceptors (Lipinski definition) is 5. The molecule has 0 aliphatic carbocycles. The number of urea groups is 1. The largest absolute Gasteiger partial charge is 0.481 e. The number of pyridine rings is 1. The number of rotatable bonds is 8. The Morgan fingerprint density at radius 3 is 2.67 bits per heavy atom. The lowest BCUT2D eigenvalue weighted by atomic mass is 10.2. The number of carboxylic acids is 1. The van der Waals surface area contributed by atoms with Gasteiger partial charge in [0, 0.05) is 20.8 Å². The van der Waals surface area contributed by atoms with Crippen LogP contribution < -0.4 is 10.6 Å². The maximum absolute atomic E-state index is 11.7. The number of hydrogen-bond donors (Lipinski definition) is 3. The highest BCUT2D eigenvalue weighted by molar-refractivity contribution is 5.89. The van der Waals surface area contributed by atoms with Crippen molar-refractivity contribution in [1.82, 2.24) is 10.3 Å². The molecule has 8 heteroatoms. The molecule has 116 valence electrons. The van der Waals surface area contributed by atoms with Gasteiger partial charge in [0.15, 0.2) is 0 Å². The van der Waals surface area contributed by atoms with E-state index in [1.165, 1.54) is 13.3 Å². The van der Waals surface area contributed by atoms with E-state index in [0.29, 0.717) is 24.5 Å². The van der Waals surface area contributed by atoms with E-state index in [1.807, 2.05) is 0 Å². The van der Waals surface area contributed by atoms with Gasteiger partial charge < -0.3 is 25.2 Å². The zero-order valence-corrected chi connectivity index (χ0v) is 12.0. The zero-order valence-electron chi connectivity index (χ0n) is 12.0. The van der Waals surface area contributed by atoms with E-state index >= 15 is 0 Å². The summed E-state index contributed by atoms with van der Waals surface area (Å²) >= 11 is 0. The second-order valence-electron chi connectivity index (χ2n) is 4.26. The fourth-order valence-corrected chi connectivity index (χ4v) is 1.54. The van der Waals surface area contributed by atoms with Gasteiger partial charge in [0.05, 0.1) is 36.7 Å². The second kappa shape index (κ2) is 8.88. The van der Waals surface area contributed by atoms with Crippen LogP contribution in [0.5, 0.6) is 0 Å². The molecule has 2 amide bonds. The Kier molecular flexibility index (Phi) is 7.13. The standard InChI is InChI=1S/C13H19N3O5/c1-20-8-11(21-2)7-15-13(19)16-10-4-3-9(14-6-10)5-12(17)18/h3-4,6,11H,5,7-8H2,1-2H3,(H,17,18)(H2,15,16,19). The van der Waals surface area contributed by atoms with Crippen LogP contribution in [0.25, 0.3) is 0 Å². The molecule has 21 heavy (non-hydrogen) atoms. The Morgan fingerprint density at radius 2 is 2.14 bits per heavy atom. The fourth-order valence-electron chi connectivity index (χ4n) is 1.54. The molecular formula is C13H19N3O5. The van der Waals surface area contributed by atoms with E-state index in [1.54, 1.807) is 19.2 Å². The number of carbonyl (C=O) groups is 2. The molecule has 8 nitrogen and oxygen atoms in total. The fraction of sp³-hybridized carbons (Fsp3) is 0.462. The summed E-state index contributed by atoms with van der Waals surface area (Å²) in [6.45, 7) is 0.683. The van der Waals surface area contributed by atoms with Gasteiger partial charge in [-0.15, -0.1) is 0 Å². The summed E-state index contributed by atoms with van der Waals surface area (Å²) in [7, 11) is 3.09. The van der Waals surface area contributed by atoms with Crippen LogP contribution >= 0.6 is 0 Å². The highest BCUT2D eigenvalue weighted by Crippen LogP contribution is 2.06. The summed E-state index contributed by atoms with van der Waals surface area (Å²) in [4.78, 5) is 26.1. The van der Waals surface area contributed by atoms with Crippen molar-refractivity contribution in [3.63, 3.8) is 0 Å². The van der Waals surface area contributed by atoms with Crippen molar-refractivity contribution in [2.24, 2.45) is 0 Å². The van der Waals surface area contributed by atoms with Crippen LogP contribution in [-0.2, 0) is 20.7 Å². The van der Waals surface area contributed by atoms with Gasteiger partial charge in [-0.05, 0) is 12.1 Å². The second-order valence-corrected chi connectivity index (χ2v) is 4.26. The topological polar surface area (TPSA) is 110 Å². The predicted octanol–water partition coefficient (Wildman–Crippen LogP) is 0.492. The first-order valence-electron chi connectivity index (χ1n) is 6.28. The summed E-state index contributed by atoms with van der Waals surface area (Å²) in [5.41, 5.74) is 0.898. The highest BCUT2D eigenvalue weighted by Gasteiger charge is 2.09. The van der Waals surface area contributed by atoms with Crippen molar-refractivity contribution in [1.29, 1.82) is 0 Å². The maximum Gasteiger partial charge on any atom is 0.319 e. The average molecular weight is 297 g/mol. The van der Waals surface area contributed by atoms with Crippen LogP contribution in [0.15, 0.2) is 18.3 Å². The third kappa shape index (κ3) is 6.68. The molecule has 0 fully saturated rings. The van der Waals surface area contributed by atoms with E-state index in [0.717, 1.165) is 0 Å². The molecule has 0 aromatic carbocycles. The van der Waals surface area contributed by atoms with Crippen molar-refractivity contribution in [3.05, 3.63) is 24.0 Å². The van der Waals surface area contributed by atoms with Crippen molar-refractivity contribution < 1.29 is 24.2 Å². The molecule has 1 atom stereocenters. The number of amides is 2. The molecule has 0 saturated heterocycles. The number of anilines is 1. The Labute approximate surface area is 122 Å². The number of aromatic nitrogens is 1. The molecule has 1 rings (SSSR count). The molecular weight excluding hydrogens is 278 g/mol. The third-order valence-corrected chi connectivity index (χ3v) is 2.59. The number of nitrogens with one attached hydrogen (secondary N) is 2. The van der Waals surface area contributed by atoms with Gasteiger partial charge in [-0.1, -0.05) is 0 Å². The van der Waals surface area contributed by atoms with E-state index in [2.05, 4.69) is 15.6 Å². The van der Waals surface area contributed by atoms with Crippen LogP contribution in [0.1, 0.15) is 5.69 Å². The monoisotopic (exact) mass is 297 g/mol.